The lowest BCUT2D eigenvalue weighted by molar-refractivity contribution is 0.330. The summed E-state index contributed by atoms with van der Waals surface area (Å²) in [6, 6.07) is 46.4. The molecule has 2 atom stereocenters. The summed E-state index contributed by atoms with van der Waals surface area (Å²) in [4.78, 5) is 8.18. The summed E-state index contributed by atoms with van der Waals surface area (Å²) in [5.74, 6) is 0. The Balaban J connectivity index is 1.30. The summed E-state index contributed by atoms with van der Waals surface area (Å²) in [5.41, 5.74) is 23.1. The maximum atomic E-state index is 2.83. The molecule has 69 heavy (non-hydrogen) atoms. The number of hydrogen-bond donors (Lipinski definition) is 0. The smallest absolute Gasteiger partial charge is 0.252 e. The highest BCUT2D eigenvalue weighted by Crippen LogP contribution is 2.67. The molecule has 0 amide bonds. The summed E-state index contributed by atoms with van der Waals surface area (Å²) >= 11 is 0. The van der Waals surface area contributed by atoms with E-state index < -0.39 is 0 Å². The Kier molecular flexibility index (Phi) is 9.67. The van der Waals surface area contributed by atoms with Crippen molar-refractivity contribution >= 4 is 68.6 Å². The lowest BCUT2D eigenvalue weighted by atomic mass is 9.33. The van der Waals surface area contributed by atoms with Gasteiger partial charge in [-0.15, -0.1) is 0 Å². The Labute approximate surface area is 416 Å². The Morgan fingerprint density at radius 2 is 0.957 bits per heavy atom. The van der Waals surface area contributed by atoms with Crippen molar-refractivity contribution in [2.45, 2.75) is 181 Å². The van der Waals surface area contributed by atoms with Crippen LogP contribution in [-0.2, 0) is 32.5 Å². The number of nitrogens with zero attached hydrogens (tertiary/aromatic N) is 3. The molecule has 0 saturated heterocycles. The van der Waals surface area contributed by atoms with Gasteiger partial charge in [0.1, 0.15) is 0 Å². The summed E-state index contributed by atoms with van der Waals surface area (Å²) in [6.45, 7) is 41.5. The van der Waals surface area contributed by atoms with Crippen molar-refractivity contribution in [2.24, 2.45) is 5.41 Å². The van der Waals surface area contributed by atoms with E-state index >= 15 is 0 Å². The Morgan fingerprint density at radius 1 is 0.420 bits per heavy atom. The quantitative estimate of drug-likeness (QED) is 0.164. The van der Waals surface area contributed by atoms with Crippen molar-refractivity contribution in [3.8, 4) is 0 Å². The summed E-state index contributed by atoms with van der Waals surface area (Å²) in [6.07, 6.45) is 4.59. The SMILES string of the molecule is CC1(C)CC2(C)c3cc(C(C)(C)C)ccc3N(c3cc4c5c(c3)N(c3ccccc3)c3cc6c(cc3B5c3ccc(C(C)(C)C)cc3N4c3cccc(C(C)(C)C)c3)C(C)(C)CCC6(C)C)C2(C)C1. The molecule has 5 aliphatic rings. The third-order valence-corrected chi connectivity index (χ3v) is 18.2. The van der Waals surface area contributed by atoms with Gasteiger partial charge in [0.25, 0.3) is 6.71 Å². The summed E-state index contributed by atoms with van der Waals surface area (Å²) < 4.78 is 0. The van der Waals surface area contributed by atoms with Gasteiger partial charge < -0.3 is 14.7 Å². The number of hydrogen-bond acceptors (Lipinski definition) is 3. The standard InChI is InChI=1S/C65H78BN3/c1-58(2,3)41-22-21-25-45(32-41)68-53-34-43(60(7,8)9)26-28-50(53)66-51-37-47-48(63(14,15)31-30-62(47,12)13)38-54(51)67(44-23-19-18-20-24-44)55-35-46(36-56(68)57(55)66)69-52-29-27-42(59(4,5)6)33-49(52)64(16)39-61(10,11)40-65(64,69)17/h18-29,32-38H,30-31,39-40H2,1-17H3. The van der Waals surface area contributed by atoms with Crippen LogP contribution in [0, 0.1) is 5.41 Å². The van der Waals surface area contributed by atoms with E-state index in [1.54, 1.807) is 0 Å². The van der Waals surface area contributed by atoms with Gasteiger partial charge in [0.05, 0.1) is 5.54 Å². The molecule has 11 rings (SSSR count). The molecule has 3 aliphatic heterocycles. The monoisotopic (exact) mass is 912 g/mol. The minimum absolute atomic E-state index is 0.0199. The van der Waals surface area contributed by atoms with Crippen molar-refractivity contribution in [3.05, 3.63) is 149 Å². The second-order valence-corrected chi connectivity index (χ2v) is 27.8. The summed E-state index contributed by atoms with van der Waals surface area (Å²) in [5, 5.41) is 0. The minimum atomic E-state index is -0.169. The van der Waals surface area contributed by atoms with Crippen LogP contribution in [0.5, 0.6) is 0 Å². The molecule has 6 aromatic carbocycles. The second kappa shape index (κ2) is 14.5. The zero-order valence-corrected chi connectivity index (χ0v) is 45.2. The van der Waals surface area contributed by atoms with Gasteiger partial charge >= 0.3 is 0 Å². The van der Waals surface area contributed by atoms with Crippen LogP contribution >= 0.6 is 0 Å². The first-order valence-corrected chi connectivity index (χ1v) is 26.3. The van der Waals surface area contributed by atoms with Crippen LogP contribution in [0.4, 0.5) is 45.5 Å². The van der Waals surface area contributed by atoms with E-state index in [1.165, 1.54) is 108 Å². The van der Waals surface area contributed by atoms with E-state index in [9.17, 15) is 0 Å². The third kappa shape index (κ3) is 6.79. The molecule has 1 fully saturated rings. The van der Waals surface area contributed by atoms with E-state index in [1.807, 2.05) is 0 Å². The first kappa shape index (κ1) is 46.2. The topological polar surface area (TPSA) is 9.72 Å². The second-order valence-electron chi connectivity index (χ2n) is 27.8. The molecule has 4 heteroatoms. The van der Waals surface area contributed by atoms with E-state index in [0.29, 0.717) is 0 Å². The van der Waals surface area contributed by atoms with Crippen LogP contribution < -0.4 is 31.1 Å². The van der Waals surface area contributed by atoms with Crippen LogP contribution in [0.1, 0.15) is 177 Å². The molecular formula is C65H78BN3. The zero-order valence-electron chi connectivity index (χ0n) is 45.2. The van der Waals surface area contributed by atoms with Gasteiger partial charge in [-0.1, -0.05) is 171 Å². The van der Waals surface area contributed by atoms with E-state index in [0.717, 1.165) is 12.8 Å². The molecule has 2 unspecified atom stereocenters. The van der Waals surface area contributed by atoms with Crippen LogP contribution in [0.2, 0.25) is 0 Å². The number of para-hydroxylation sites is 1. The largest absolute Gasteiger partial charge is 0.334 e. The molecule has 2 aliphatic carbocycles. The Morgan fingerprint density at radius 3 is 1.58 bits per heavy atom. The highest BCUT2D eigenvalue weighted by atomic mass is 15.3. The average molecular weight is 912 g/mol. The molecule has 3 nitrogen and oxygen atoms in total. The summed E-state index contributed by atoms with van der Waals surface area (Å²) in [7, 11) is 0. The Hall–Kier alpha value is -5.22. The van der Waals surface area contributed by atoms with Gasteiger partial charge in [-0.05, 0) is 169 Å². The molecule has 356 valence electrons. The molecule has 3 heterocycles. The lowest BCUT2D eigenvalue weighted by Crippen LogP contribution is -2.62. The predicted molar refractivity (Wildman–Crippen MR) is 299 cm³/mol. The van der Waals surface area contributed by atoms with Crippen molar-refractivity contribution in [3.63, 3.8) is 0 Å². The fourth-order valence-corrected chi connectivity index (χ4v) is 14.3. The highest BCUT2D eigenvalue weighted by Gasteiger charge is 2.64. The highest BCUT2D eigenvalue weighted by molar-refractivity contribution is 7.00. The fraction of sp³-hybridized carbons (Fsp3) is 0.446. The van der Waals surface area contributed by atoms with E-state index in [2.05, 4.69) is 248 Å². The van der Waals surface area contributed by atoms with Gasteiger partial charge in [0, 0.05) is 50.9 Å². The first-order chi connectivity index (χ1) is 32.0. The van der Waals surface area contributed by atoms with Gasteiger partial charge in [0.15, 0.2) is 0 Å². The van der Waals surface area contributed by atoms with Crippen LogP contribution in [0.25, 0.3) is 0 Å². The van der Waals surface area contributed by atoms with E-state index in [4.69, 9.17) is 0 Å². The third-order valence-electron chi connectivity index (χ3n) is 18.2. The molecular weight excluding hydrogens is 834 g/mol. The maximum absolute atomic E-state index is 2.83. The molecule has 1 saturated carbocycles. The molecule has 0 bridgehead atoms. The van der Waals surface area contributed by atoms with Crippen molar-refractivity contribution in [1.82, 2.24) is 0 Å². The molecule has 0 spiro atoms. The van der Waals surface area contributed by atoms with Gasteiger partial charge in [-0.2, -0.15) is 0 Å². The molecule has 6 aromatic rings. The predicted octanol–water partition coefficient (Wildman–Crippen LogP) is 16.0. The minimum Gasteiger partial charge on any atom is -0.334 e. The fourth-order valence-electron chi connectivity index (χ4n) is 14.3. The van der Waals surface area contributed by atoms with Gasteiger partial charge in [0.2, 0.25) is 0 Å². The Bertz CT molecular complexity index is 3100. The molecule has 0 N–H and O–H groups in total. The molecule has 0 aromatic heterocycles. The molecule has 0 radical (unpaired) electrons. The number of fused-ring (bicyclic) bond motifs is 8. The van der Waals surface area contributed by atoms with Crippen molar-refractivity contribution < 1.29 is 0 Å². The van der Waals surface area contributed by atoms with Crippen LogP contribution in [0.15, 0.2) is 115 Å². The maximum Gasteiger partial charge on any atom is 0.252 e. The van der Waals surface area contributed by atoms with Crippen LogP contribution in [-0.4, -0.2) is 12.3 Å². The lowest BCUT2D eigenvalue weighted by Gasteiger charge is -2.48. The normalized spacial score (nSPS) is 22.7. The van der Waals surface area contributed by atoms with Gasteiger partial charge in [-0.3, -0.25) is 0 Å². The number of benzene rings is 6. The van der Waals surface area contributed by atoms with Crippen molar-refractivity contribution in [1.29, 1.82) is 0 Å². The van der Waals surface area contributed by atoms with Crippen LogP contribution in [0.3, 0.4) is 0 Å². The zero-order chi connectivity index (χ0) is 49.4. The van der Waals surface area contributed by atoms with Crippen molar-refractivity contribution in [2.75, 3.05) is 14.7 Å². The average Bonchev–Trinajstić information content (AvgIpc) is 3.57. The number of anilines is 8. The number of rotatable bonds is 3. The van der Waals surface area contributed by atoms with Gasteiger partial charge in [-0.25, -0.2) is 0 Å². The first-order valence-electron chi connectivity index (χ1n) is 26.3. The van der Waals surface area contributed by atoms with E-state index in [-0.39, 0.29) is 50.2 Å².